The second kappa shape index (κ2) is 6.81. The third-order valence-corrected chi connectivity index (χ3v) is 4.27. The van der Waals surface area contributed by atoms with Crippen LogP contribution in [0.15, 0.2) is 67.1 Å². The van der Waals surface area contributed by atoms with Crippen LogP contribution in [0.3, 0.4) is 0 Å². The molecule has 0 saturated carbocycles. The monoisotopic (exact) mass is 317 g/mol. The molecule has 1 aliphatic heterocycles. The first kappa shape index (κ1) is 14.8. The van der Waals surface area contributed by atoms with Crippen LogP contribution in [0, 0.1) is 0 Å². The minimum absolute atomic E-state index is 0.697. The predicted octanol–water partition coefficient (Wildman–Crippen LogP) is 3.54. The van der Waals surface area contributed by atoms with Gasteiger partial charge in [0.05, 0.1) is 5.69 Å². The van der Waals surface area contributed by atoms with Gasteiger partial charge in [0.1, 0.15) is 12.4 Å². The molecule has 3 heterocycles. The first-order valence-electron chi connectivity index (χ1n) is 8.17. The summed E-state index contributed by atoms with van der Waals surface area (Å²) in [6.45, 7) is 3.30. The molecule has 0 aliphatic carbocycles. The molecule has 0 spiro atoms. The lowest BCUT2D eigenvalue weighted by molar-refractivity contribution is 0.220. The van der Waals surface area contributed by atoms with Crippen molar-refractivity contribution >= 4 is 0 Å². The van der Waals surface area contributed by atoms with Crippen LogP contribution >= 0.6 is 0 Å². The summed E-state index contributed by atoms with van der Waals surface area (Å²) in [5, 5.41) is 0. The van der Waals surface area contributed by atoms with Gasteiger partial charge in [0.2, 0.25) is 0 Å². The first-order valence-corrected chi connectivity index (χ1v) is 8.17. The standard InChI is InChI=1S/C20H19N3O/c1-2-6-18(19-7-3-4-9-22-19)16(5-1)14-23-11-12-24-20-8-10-21-13-17(20)15-23/h1-10,13H,11-12,14-15H2. The number of nitrogens with zero attached hydrogens (tertiary/aromatic N) is 3. The van der Waals surface area contributed by atoms with E-state index in [1.54, 1.807) is 6.20 Å². The molecule has 0 bridgehead atoms. The van der Waals surface area contributed by atoms with Crippen molar-refractivity contribution in [3.8, 4) is 17.0 Å². The Bertz CT molecular complexity index is 820. The van der Waals surface area contributed by atoms with Crippen LogP contribution < -0.4 is 4.74 Å². The zero-order chi connectivity index (χ0) is 16.2. The zero-order valence-electron chi connectivity index (χ0n) is 13.4. The van der Waals surface area contributed by atoms with E-state index in [4.69, 9.17) is 4.74 Å². The fraction of sp³-hybridized carbons (Fsp3) is 0.200. The summed E-state index contributed by atoms with van der Waals surface area (Å²) in [7, 11) is 0. The van der Waals surface area contributed by atoms with Crippen molar-refractivity contribution in [2.45, 2.75) is 13.1 Å². The fourth-order valence-electron chi connectivity index (χ4n) is 3.08. The molecule has 4 rings (SSSR count). The minimum atomic E-state index is 0.697. The molecule has 0 atom stereocenters. The highest BCUT2D eigenvalue weighted by molar-refractivity contribution is 5.63. The SMILES string of the molecule is c1ccc(-c2ccccc2CN2CCOc3ccncc3C2)nc1. The van der Waals surface area contributed by atoms with Gasteiger partial charge in [0, 0.05) is 49.4 Å². The van der Waals surface area contributed by atoms with Gasteiger partial charge < -0.3 is 4.74 Å². The third kappa shape index (κ3) is 3.14. The number of rotatable bonds is 3. The molecule has 0 amide bonds. The van der Waals surface area contributed by atoms with Crippen LogP contribution in [0.4, 0.5) is 0 Å². The summed E-state index contributed by atoms with van der Waals surface area (Å²) in [4.78, 5) is 11.1. The van der Waals surface area contributed by atoms with Crippen LogP contribution in [0.2, 0.25) is 0 Å². The van der Waals surface area contributed by atoms with E-state index in [2.05, 4.69) is 45.2 Å². The summed E-state index contributed by atoms with van der Waals surface area (Å²) in [5.41, 5.74) is 4.63. The lowest BCUT2D eigenvalue weighted by Gasteiger charge is -2.21. The molecule has 4 nitrogen and oxygen atoms in total. The van der Waals surface area contributed by atoms with Gasteiger partial charge in [0.25, 0.3) is 0 Å². The molecule has 0 fully saturated rings. The first-order chi connectivity index (χ1) is 11.9. The van der Waals surface area contributed by atoms with E-state index in [1.165, 1.54) is 11.1 Å². The molecule has 0 saturated heterocycles. The van der Waals surface area contributed by atoms with E-state index in [0.717, 1.165) is 36.6 Å². The average molecular weight is 317 g/mol. The van der Waals surface area contributed by atoms with Crippen molar-refractivity contribution < 1.29 is 4.74 Å². The largest absolute Gasteiger partial charge is 0.492 e. The molecule has 120 valence electrons. The maximum absolute atomic E-state index is 5.84. The molecule has 4 heteroatoms. The summed E-state index contributed by atoms with van der Waals surface area (Å²) in [5.74, 6) is 0.950. The van der Waals surface area contributed by atoms with Crippen LogP contribution in [0.5, 0.6) is 5.75 Å². The summed E-state index contributed by atoms with van der Waals surface area (Å²) in [6, 6.07) is 16.5. The Morgan fingerprint density at radius 3 is 2.83 bits per heavy atom. The lowest BCUT2D eigenvalue weighted by atomic mass is 10.0. The quantitative estimate of drug-likeness (QED) is 0.740. The number of benzene rings is 1. The molecular formula is C20H19N3O. The number of fused-ring (bicyclic) bond motifs is 1. The minimum Gasteiger partial charge on any atom is -0.492 e. The number of pyridine rings is 2. The van der Waals surface area contributed by atoms with Crippen molar-refractivity contribution in [1.82, 2.24) is 14.9 Å². The Kier molecular flexibility index (Phi) is 4.21. The van der Waals surface area contributed by atoms with Crippen molar-refractivity contribution in [1.29, 1.82) is 0 Å². The number of hydrogen-bond donors (Lipinski definition) is 0. The van der Waals surface area contributed by atoms with Gasteiger partial charge in [-0.2, -0.15) is 0 Å². The topological polar surface area (TPSA) is 38.2 Å². The number of ether oxygens (including phenoxy) is 1. The van der Waals surface area contributed by atoms with E-state index in [1.807, 2.05) is 30.6 Å². The summed E-state index contributed by atoms with van der Waals surface area (Å²) < 4.78 is 5.84. The van der Waals surface area contributed by atoms with Gasteiger partial charge in [-0.05, 0) is 23.8 Å². The smallest absolute Gasteiger partial charge is 0.126 e. The summed E-state index contributed by atoms with van der Waals surface area (Å²) in [6.07, 6.45) is 5.52. The maximum atomic E-state index is 5.84. The van der Waals surface area contributed by atoms with Gasteiger partial charge in [-0.1, -0.05) is 30.3 Å². The zero-order valence-corrected chi connectivity index (χ0v) is 13.4. The normalized spacial score (nSPS) is 14.5. The predicted molar refractivity (Wildman–Crippen MR) is 93.5 cm³/mol. The fourth-order valence-corrected chi connectivity index (χ4v) is 3.08. The summed E-state index contributed by atoms with van der Waals surface area (Å²) >= 11 is 0. The van der Waals surface area contributed by atoms with E-state index < -0.39 is 0 Å². The average Bonchev–Trinajstić information content (AvgIpc) is 2.84. The van der Waals surface area contributed by atoms with Gasteiger partial charge in [-0.3, -0.25) is 14.9 Å². The van der Waals surface area contributed by atoms with Gasteiger partial charge in [-0.15, -0.1) is 0 Å². The number of hydrogen-bond acceptors (Lipinski definition) is 4. The van der Waals surface area contributed by atoms with E-state index in [-0.39, 0.29) is 0 Å². The Morgan fingerprint density at radius 2 is 1.92 bits per heavy atom. The molecule has 3 aromatic rings. The van der Waals surface area contributed by atoms with Crippen molar-refractivity contribution in [3.63, 3.8) is 0 Å². The van der Waals surface area contributed by atoms with Crippen molar-refractivity contribution in [2.75, 3.05) is 13.2 Å². The van der Waals surface area contributed by atoms with Crippen LogP contribution in [0.25, 0.3) is 11.3 Å². The maximum Gasteiger partial charge on any atom is 0.126 e. The molecule has 0 radical (unpaired) electrons. The molecule has 2 aromatic heterocycles. The number of aromatic nitrogens is 2. The van der Waals surface area contributed by atoms with Gasteiger partial charge >= 0.3 is 0 Å². The highest BCUT2D eigenvalue weighted by atomic mass is 16.5. The lowest BCUT2D eigenvalue weighted by Crippen LogP contribution is -2.25. The van der Waals surface area contributed by atoms with Crippen molar-refractivity contribution in [2.24, 2.45) is 0 Å². The molecule has 24 heavy (non-hydrogen) atoms. The molecule has 0 N–H and O–H groups in total. The van der Waals surface area contributed by atoms with E-state index in [0.29, 0.717) is 6.61 Å². The van der Waals surface area contributed by atoms with Crippen LogP contribution in [-0.4, -0.2) is 28.0 Å². The van der Waals surface area contributed by atoms with Crippen molar-refractivity contribution in [3.05, 3.63) is 78.2 Å². The highest BCUT2D eigenvalue weighted by Gasteiger charge is 2.17. The van der Waals surface area contributed by atoms with Crippen LogP contribution in [0.1, 0.15) is 11.1 Å². The van der Waals surface area contributed by atoms with Gasteiger partial charge in [-0.25, -0.2) is 0 Å². The second-order valence-corrected chi connectivity index (χ2v) is 5.91. The van der Waals surface area contributed by atoms with E-state index in [9.17, 15) is 0 Å². The molecule has 1 aliphatic rings. The second-order valence-electron chi connectivity index (χ2n) is 5.91. The Morgan fingerprint density at radius 1 is 1.00 bits per heavy atom. The molecular weight excluding hydrogens is 298 g/mol. The third-order valence-electron chi connectivity index (χ3n) is 4.27. The highest BCUT2D eigenvalue weighted by Crippen LogP contribution is 2.26. The van der Waals surface area contributed by atoms with Gasteiger partial charge in [0.15, 0.2) is 0 Å². The van der Waals surface area contributed by atoms with E-state index >= 15 is 0 Å². The Labute approximate surface area is 141 Å². The Balaban J connectivity index is 1.60. The molecule has 1 aromatic carbocycles. The van der Waals surface area contributed by atoms with Crippen LogP contribution in [-0.2, 0) is 13.1 Å². The molecule has 0 unspecified atom stereocenters. The Hall–Kier alpha value is -2.72.